The van der Waals surface area contributed by atoms with Crippen molar-refractivity contribution in [2.24, 2.45) is 0 Å². The average Bonchev–Trinajstić information content (AvgIpc) is 2.41. The Balaban J connectivity index is 2.17. The third-order valence-corrected chi connectivity index (χ3v) is 3.40. The molecule has 0 unspecified atom stereocenters. The summed E-state index contributed by atoms with van der Waals surface area (Å²) in [5.74, 6) is -1.13. The van der Waals surface area contributed by atoms with Gasteiger partial charge in [-0.25, -0.2) is 4.39 Å². The highest BCUT2D eigenvalue weighted by atomic mass is 127. The second kappa shape index (κ2) is 5.96. The molecule has 1 aromatic heterocycles. The highest BCUT2D eigenvalue weighted by Crippen LogP contribution is 2.28. The van der Waals surface area contributed by atoms with Gasteiger partial charge in [-0.05, 0) is 52.9 Å². The number of hydrogen-bond acceptors (Lipinski definition) is 2. The first-order valence-corrected chi connectivity index (χ1v) is 6.65. The lowest BCUT2D eigenvalue weighted by Gasteiger charge is -2.08. The Bertz CT molecular complexity index is 671. The van der Waals surface area contributed by atoms with Crippen molar-refractivity contribution in [3.05, 3.63) is 57.2 Å². The van der Waals surface area contributed by atoms with Crippen molar-refractivity contribution in [1.82, 2.24) is 4.98 Å². The van der Waals surface area contributed by atoms with Gasteiger partial charge in [0.15, 0.2) is 0 Å². The summed E-state index contributed by atoms with van der Waals surface area (Å²) in [4.78, 5) is 15.3. The molecule has 0 bridgehead atoms. The van der Waals surface area contributed by atoms with E-state index in [1.807, 2.05) is 22.6 Å². The van der Waals surface area contributed by atoms with Crippen LogP contribution < -0.4 is 5.32 Å². The van der Waals surface area contributed by atoms with Crippen molar-refractivity contribution < 1.29 is 22.4 Å². The Morgan fingerprint density at radius 2 is 1.90 bits per heavy atom. The van der Waals surface area contributed by atoms with Crippen molar-refractivity contribution in [2.75, 3.05) is 5.32 Å². The molecule has 0 saturated heterocycles. The number of pyridine rings is 1. The molecule has 1 aromatic carbocycles. The second-order valence-corrected chi connectivity index (χ2v) is 5.17. The van der Waals surface area contributed by atoms with Gasteiger partial charge in [0.1, 0.15) is 11.5 Å². The van der Waals surface area contributed by atoms with Crippen LogP contribution in [-0.2, 0) is 6.18 Å². The lowest BCUT2D eigenvalue weighted by atomic mass is 10.2. The number of benzene rings is 1. The first-order valence-electron chi connectivity index (χ1n) is 5.57. The summed E-state index contributed by atoms with van der Waals surface area (Å²) in [6.07, 6.45) is -3.92. The van der Waals surface area contributed by atoms with E-state index in [-0.39, 0.29) is 5.69 Å². The van der Waals surface area contributed by atoms with E-state index in [9.17, 15) is 22.4 Å². The molecule has 21 heavy (non-hydrogen) atoms. The lowest BCUT2D eigenvalue weighted by Crippen LogP contribution is -2.15. The molecule has 3 nitrogen and oxygen atoms in total. The quantitative estimate of drug-likeness (QED) is 0.599. The molecule has 0 aliphatic rings. The van der Waals surface area contributed by atoms with Gasteiger partial charge < -0.3 is 5.32 Å². The Hall–Kier alpha value is -1.71. The standard InChI is InChI=1S/C13H7F4IN2O/c14-8-2-4-10(9(18)5-8)20-12(21)11-3-1-7(6-19-11)13(15,16)17/h1-6H,(H,20,21). The Morgan fingerprint density at radius 3 is 2.43 bits per heavy atom. The zero-order valence-corrected chi connectivity index (χ0v) is 12.4. The maximum Gasteiger partial charge on any atom is 0.417 e. The number of hydrogen-bond donors (Lipinski definition) is 1. The van der Waals surface area contributed by atoms with E-state index in [1.165, 1.54) is 12.1 Å². The number of carbonyl (C=O) groups excluding carboxylic acids is 1. The largest absolute Gasteiger partial charge is 0.417 e. The normalized spacial score (nSPS) is 11.3. The third-order valence-electron chi connectivity index (χ3n) is 2.50. The Kier molecular flexibility index (Phi) is 4.45. The molecule has 0 aliphatic heterocycles. The van der Waals surface area contributed by atoms with E-state index in [0.717, 1.165) is 18.2 Å². The highest BCUT2D eigenvalue weighted by molar-refractivity contribution is 14.1. The van der Waals surface area contributed by atoms with Gasteiger partial charge in [-0.3, -0.25) is 9.78 Å². The minimum absolute atomic E-state index is 0.164. The third kappa shape index (κ3) is 3.90. The van der Waals surface area contributed by atoms with Crippen LogP contribution >= 0.6 is 22.6 Å². The number of amides is 1. The monoisotopic (exact) mass is 410 g/mol. The number of rotatable bonds is 2. The smallest absolute Gasteiger partial charge is 0.320 e. The molecule has 0 atom stereocenters. The zero-order chi connectivity index (χ0) is 15.6. The van der Waals surface area contributed by atoms with Crippen LogP contribution in [0.3, 0.4) is 0 Å². The van der Waals surface area contributed by atoms with E-state index in [1.54, 1.807) is 0 Å². The van der Waals surface area contributed by atoms with E-state index in [4.69, 9.17) is 0 Å². The van der Waals surface area contributed by atoms with Crippen molar-refractivity contribution in [3.63, 3.8) is 0 Å². The fourth-order valence-corrected chi connectivity index (χ4v) is 2.09. The molecule has 1 amide bonds. The van der Waals surface area contributed by atoms with Crippen LogP contribution in [0.4, 0.5) is 23.2 Å². The molecule has 1 heterocycles. The first kappa shape index (κ1) is 15.7. The Morgan fingerprint density at radius 1 is 1.19 bits per heavy atom. The molecule has 0 saturated carbocycles. The minimum Gasteiger partial charge on any atom is -0.320 e. The molecular formula is C13H7F4IN2O. The van der Waals surface area contributed by atoms with Gasteiger partial charge in [-0.15, -0.1) is 0 Å². The van der Waals surface area contributed by atoms with Gasteiger partial charge >= 0.3 is 6.18 Å². The summed E-state index contributed by atoms with van der Waals surface area (Å²) in [6, 6.07) is 5.50. The predicted molar refractivity (Wildman–Crippen MR) is 76.3 cm³/mol. The summed E-state index contributed by atoms with van der Waals surface area (Å²) in [7, 11) is 0. The van der Waals surface area contributed by atoms with E-state index >= 15 is 0 Å². The van der Waals surface area contributed by atoms with Gasteiger partial charge in [0.05, 0.1) is 11.3 Å². The number of nitrogens with one attached hydrogen (secondary N) is 1. The summed E-state index contributed by atoms with van der Waals surface area (Å²) >= 11 is 1.83. The van der Waals surface area contributed by atoms with Crippen LogP contribution in [0.1, 0.15) is 16.1 Å². The van der Waals surface area contributed by atoms with Crippen LogP contribution in [0.2, 0.25) is 0 Å². The molecule has 110 valence electrons. The van der Waals surface area contributed by atoms with Crippen LogP contribution in [0.15, 0.2) is 36.5 Å². The molecule has 0 fully saturated rings. The highest BCUT2D eigenvalue weighted by Gasteiger charge is 2.30. The number of nitrogens with zero attached hydrogens (tertiary/aromatic N) is 1. The summed E-state index contributed by atoms with van der Waals surface area (Å²) in [5, 5.41) is 2.46. The molecular weight excluding hydrogens is 403 g/mol. The van der Waals surface area contributed by atoms with Gasteiger partial charge in [0.2, 0.25) is 0 Å². The molecule has 0 radical (unpaired) electrons. The van der Waals surface area contributed by atoms with Crippen LogP contribution in [-0.4, -0.2) is 10.9 Å². The molecule has 2 aromatic rings. The Labute approximate surface area is 130 Å². The van der Waals surface area contributed by atoms with Gasteiger partial charge in [-0.1, -0.05) is 0 Å². The second-order valence-electron chi connectivity index (χ2n) is 4.01. The molecule has 0 aliphatic carbocycles. The van der Waals surface area contributed by atoms with Crippen LogP contribution in [0.25, 0.3) is 0 Å². The SMILES string of the molecule is O=C(Nc1ccc(F)cc1I)c1ccc(C(F)(F)F)cn1. The van der Waals surface area contributed by atoms with Gasteiger partial charge in [0.25, 0.3) is 5.91 Å². The number of anilines is 1. The van der Waals surface area contributed by atoms with Crippen LogP contribution in [0, 0.1) is 9.39 Å². The van der Waals surface area contributed by atoms with Crippen molar-refractivity contribution in [3.8, 4) is 0 Å². The summed E-state index contributed by atoms with van der Waals surface area (Å²) in [6.45, 7) is 0. The van der Waals surface area contributed by atoms with Crippen molar-refractivity contribution >= 4 is 34.2 Å². The van der Waals surface area contributed by atoms with Crippen molar-refractivity contribution in [2.45, 2.75) is 6.18 Å². The van der Waals surface area contributed by atoms with Gasteiger partial charge in [0, 0.05) is 9.77 Å². The maximum atomic E-state index is 12.9. The molecule has 0 spiro atoms. The fourth-order valence-electron chi connectivity index (χ4n) is 1.47. The number of alkyl halides is 3. The van der Waals surface area contributed by atoms with E-state index in [0.29, 0.717) is 15.5 Å². The van der Waals surface area contributed by atoms with E-state index < -0.39 is 23.5 Å². The first-order chi connectivity index (χ1) is 9.77. The summed E-state index contributed by atoms with van der Waals surface area (Å²) < 4.78 is 50.5. The molecule has 1 N–H and O–H groups in total. The van der Waals surface area contributed by atoms with Crippen LogP contribution in [0.5, 0.6) is 0 Å². The molecule has 8 heteroatoms. The average molecular weight is 410 g/mol. The topological polar surface area (TPSA) is 42.0 Å². The minimum atomic E-state index is -4.51. The number of halogens is 5. The van der Waals surface area contributed by atoms with E-state index in [2.05, 4.69) is 10.3 Å². The maximum absolute atomic E-state index is 12.9. The summed E-state index contributed by atoms with van der Waals surface area (Å²) in [5.41, 5.74) is -0.748. The number of carbonyl (C=O) groups is 1. The predicted octanol–water partition coefficient (Wildman–Crippen LogP) is 4.10. The fraction of sp³-hybridized carbons (Fsp3) is 0.0769. The lowest BCUT2D eigenvalue weighted by molar-refractivity contribution is -0.137. The van der Waals surface area contributed by atoms with Gasteiger partial charge in [-0.2, -0.15) is 13.2 Å². The zero-order valence-electron chi connectivity index (χ0n) is 10.2. The number of aromatic nitrogens is 1. The molecule has 2 rings (SSSR count). The van der Waals surface area contributed by atoms with Crippen molar-refractivity contribution in [1.29, 1.82) is 0 Å².